The van der Waals surface area contributed by atoms with Gasteiger partial charge < -0.3 is 11.5 Å². The van der Waals surface area contributed by atoms with E-state index in [-0.39, 0.29) is 0 Å². The minimum absolute atomic E-state index is 0.302. The Balaban J connectivity index is 0.000000304. The molecule has 0 aliphatic rings. The predicted molar refractivity (Wildman–Crippen MR) is 87.8 cm³/mol. The summed E-state index contributed by atoms with van der Waals surface area (Å²) in [4.78, 5) is 14.8. The Morgan fingerprint density at radius 1 is 1.15 bits per heavy atom. The molecule has 0 saturated heterocycles. The van der Waals surface area contributed by atoms with Crippen LogP contribution >= 0.6 is 51.9 Å². The van der Waals surface area contributed by atoms with Gasteiger partial charge >= 0.3 is 24.8 Å². The molecule has 0 aliphatic heterocycles. The number of halogens is 3. The van der Waals surface area contributed by atoms with Crippen molar-refractivity contribution in [1.29, 1.82) is 0 Å². The number of anilines is 2. The Labute approximate surface area is 140 Å². The van der Waals surface area contributed by atoms with Gasteiger partial charge in [-0.15, -0.1) is 0 Å². The average Bonchev–Trinajstić information content (AvgIpc) is 2.36. The first-order valence-electron chi connectivity index (χ1n) is 4.61. The molecule has 0 unspecified atom stereocenters. The number of nitrogen functional groups attached to an aromatic ring is 2. The van der Waals surface area contributed by atoms with E-state index in [1.165, 1.54) is 18.6 Å². The molecular weight excluding hydrogens is 388 g/mol. The zero-order chi connectivity index (χ0) is 15.5. The van der Waals surface area contributed by atoms with Gasteiger partial charge in [0.1, 0.15) is 20.7 Å². The Morgan fingerprint density at radius 3 is 2.05 bits per heavy atom. The van der Waals surface area contributed by atoms with Crippen molar-refractivity contribution in [2.24, 2.45) is 4.30 Å². The fourth-order valence-electron chi connectivity index (χ4n) is 0.722. The van der Waals surface area contributed by atoms with Gasteiger partial charge in [0, 0.05) is 0 Å². The third-order valence-corrected chi connectivity index (χ3v) is 2.32. The summed E-state index contributed by atoms with van der Waals surface area (Å²) in [5.74, 6) is 0.653. The third-order valence-electron chi connectivity index (χ3n) is 1.35. The Kier molecular flexibility index (Phi) is 10.3. The van der Waals surface area contributed by atoms with Crippen molar-refractivity contribution in [2.75, 3.05) is 11.5 Å². The summed E-state index contributed by atoms with van der Waals surface area (Å²) in [7, 11) is 4.34. The molecule has 0 bridgehead atoms. The van der Waals surface area contributed by atoms with E-state index in [1.807, 2.05) is 0 Å². The molecule has 0 spiro atoms. The van der Waals surface area contributed by atoms with Gasteiger partial charge in [0.25, 0.3) is 0 Å². The van der Waals surface area contributed by atoms with E-state index in [4.69, 9.17) is 34.7 Å². The van der Waals surface area contributed by atoms with Crippen molar-refractivity contribution in [3.63, 3.8) is 0 Å². The predicted octanol–water partition coefficient (Wildman–Crippen LogP) is 2.37. The monoisotopic (exact) mass is 394 g/mol. The van der Waals surface area contributed by atoms with Gasteiger partial charge in [-0.2, -0.15) is 0 Å². The summed E-state index contributed by atoms with van der Waals surface area (Å²) >= 11 is 17.1. The van der Waals surface area contributed by atoms with Gasteiger partial charge in [0.05, 0.1) is 18.6 Å². The van der Waals surface area contributed by atoms with E-state index in [9.17, 15) is 0 Å². The molecule has 4 N–H and O–H groups in total. The second-order valence-corrected chi connectivity index (χ2v) is 4.51. The van der Waals surface area contributed by atoms with Crippen LogP contribution < -0.4 is 11.5 Å². The normalized spacial score (nSPS) is 8.55. The van der Waals surface area contributed by atoms with Crippen molar-refractivity contribution in [2.45, 2.75) is 0 Å². The van der Waals surface area contributed by atoms with Crippen LogP contribution in [0.1, 0.15) is 0 Å². The van der Waals surface area contributed by atoms with E-state index in [2.05, 4.69) is 60.6 Å². The Hall–Kier alpha value is -0.965. The number of hydrogen-bond donors (Lipinski definition) is 3. The van der Waals surface area contributed by atoms with Gasteiger partial charge in [0.15, 0.2) is 5.82 Å². The topological polar surface area (TPSA) is 116 Å². The molecule has 0 aliphatic carbocycles. The molecule has 12 heteroatoms. The molecule has 0 saturated carbocycles. The first-order chi connectivity index (χ1) is 9.40. The van der Waals surface area contributed by atoms with E-state index in [0.29, 0.717) is 26.5 Å². The second-order valence-electron chi connectivity index (χ2n) is 2.75. The van der Waals surface area contributed by atoms with Crippen LogP contribution in [0.2, 0.25) is 10.3 Å². The van der Waals surface area contributed by atoms with E-state index in [1.54, 1.807) is 0 Å². The fourth-order valence-corrected chi connectivity index (χ4v) is 1.21. The first-order valence-corrected chi connectivity index (χ1v) is 6.56. The Bertz CT molecular complexity index is 545. The third kappa shape index (κ3) is 9.02. The molecule has 2 heterocycles. The summed E-state index contributed by atoms with van der Waals surface area (Å²) in [6, 6.07) is 0. The van der Waals surface area contributed by atoms with Gasteiger partial charge in [-0.1, -0.05) is 23.2 Å². The minimum atomic E-state index is 0.302. The summed E-state index contributed by atoms with van der Waals surface area (Å²) in [5, 5.41) is 0.626. The van der Waals surface area contributed by atoms with Crippen LogP contribution in [0.15, 0.2) is 27.5 Å². The number of nitrogens with two attached hydrogens (primary N) is 2. The van der Waals surface area contributed by atoms with Crippen LogP contribution in [0.3, 0.4) is 0 Å². The average molecular weight is 396 g/mol. The van der Waals surface area contributed by atoms with E-state index < -0.39 is 0 Å². The van der Waals surface area contributed by atoms with Crippen molar-refractivity contribution >= 4 is 71.2 Å². The SMILES string of the molecule is Nc1cncc(Cl)n1.Nc1nc(Cl)cnc1Br.[B]=NS. The van der Waals surface area contributed by atoms with Crippen LogP contribution in [0.25, 0.3) is 0 Å². The number of rotatable bonds is 0. The van der Waals surface area contributed by atoms with Crippen molar-refractivity contribution in [3.8, 4) is 0 Å². The summed E-state index contributed by atoms with van der Waals surface area (Å²) < 4.78 is 3.21. The summed E-state index contributed by atoms with van der Waals surface area (Å²) in [5.41, 5.74) is 10.5. The van der Waals surface area contributed by atoms with Crippen LogP contribution in [-0.4, -0.2) is 27.6 Å². The summed E-state index contributed by atoms with van der Waals surface area (Å²) in [6.45, 7) is 0. The van der Waals surface area contributed by atoms with Crippen LogP contribution in [0.5, 0.6) is 0 Å². The maximum atomic E-state index is 5.44. The van der Waals surface area contributed by atoms with Gasteiger partial charge in [-0.05, 0) is 15.9 Å². The fraction of sp³-hybridized carbons (Fsp3) is 0. The number of nitrogens with zero attached hydrogens (tertiary/aromatic N) is 5. The van der Waals surface area contributed by atoms with Crippen LogP contribution in [-0.2, 0) is 0 Å². The second kappa shape index (κ2) is 10.8. The quantitative estimate of drug-likeness (QED) is 0.465. The van der Waals surface area contributed by atoms with Gasteiger partial charge in [-0.25, -0.2) is 15.0 Å². The van der Waals surface area contributed by atoms with Crippen molar-refractivity contribution in [1.82, 2.24) is 19.9 Å². The van der Waals surface area contributed by atoms with Crippen molar-refractivity contribution in [3.05, 3.63) is 33.5 Å². The number of thiol groups is 1. The maximum absolute atomic E-state index is 5.44. The molecule has 0 amide bonds. The molecule has 2 aromatic heterocycles. The number of hydrogen-bond acceptors (Lipinski definition) is 8. The molecule has 0 fully saturated rings. The Morgan fingerprint density at radius 2 is 1.70 bits per heavy atom. The standard InChI is InChI=1S/C4H3BrClN3.C4H4ClN3.BHNS/c5-3-4(7)9-2(6)1-8-3;5-3-1-7-2-4(6)8-3;1-2-3/h1H,(H2,7,9);1-2H,(H2,6,8);3H. The van der Waals surface area contributed by atoms with Crippen LogP contribution in [0, 0.1) is 0 Å². The van der Waals surface area contributed by atoms with E-state index >= 15 is 0 Å². The zero-order valence-electron chi connectivity index (χ0n) is 9.78. The van der Waals surface area contributed by atoms with Crippen molar-refractivity contribution < 1.29 is 0 Å². The van der Waals surface area contributed by atoms with E-state index in [0.717, 1.165) is 0 Å². The molecule has 2 rings (SSSR count). The molecule has 20 heavy (non-hydrogen) atoms. The first kappa shape index (κ1) is 19.0. The van der Waals surface area contributed by atoms with Gasteiger partial charge in [-0.3, -0.25) is 4.98 Å². The summed E-state index contributed by atoms with van der Waals surface area (Å²) in [6.07, 6.45) is 4.28. The molecule has 0 aromatic carbocycles. The molecule has 105 valence electrons. The molecule has 7 nitrogen and oxygen atoms in total. The molecule has 0 atom stereocenters. The van der Waals surface area contributed by atoms with Gasteiger partial charge in [0.2, 0.25) is 0 Å². The van der Waals surface area contributed by atoms with Crippen LogP contribution in [0.4, 0.5) is 11.6 Å². The molecule has 1 radical (unpaired) electrons. The number of aromatic nitrogens is 4. The molecule has 2 aromatic rings. The molecular formula is C8H8BBrCl2N7S. The zero-order valence-corrected chi connectivity index (χ0v) is 13.8.